The molecule has 1 amide bonds. The Kier molecular flexibility index (Phi) is 4.78. The fraction of sp³-hybridized carbons (Fsp3) is 0.381. The lowest BCUT2D eigenvalue weighted by Gasteiger charge is -2.40. The molecular formula is C21H23N5O. The first kappa shape index (κ1) is 17.5. The van der Waals surface area contributed by atoms with Crippen LogP contribution in [0.2, 0.25) is 0 Å². The highest BCUT2D eigenvalue weighted by molar-refractivity contribution is 5.83. The zero-order valence-electron chi connectivity index (χ0n) is 15.5. The predicted molar refractivity (Wildman–Crippen MR) is 103 cm³/mol. The number of amides is 1. The highest BCUT2D eigenvalue weighted by atomic mass is 16.2. The van der Waals surface area contributed by atoms with E-state index in [1.807, 2.05) is 18.0 Å². The third-order valence-corrected chi connectivity index (χ3v) is 5.57. The predicted octanol–water partition coefficient (Wildman–Crippen LogP) is 1.66. The molecule has 0 spiro atoms. The topological polar surface area (TPSA) is 63.5 Å². The van der Waals surface area contributed by atoms with Crippen molar-refractivity contribution in [2.45, 2.75) is 19.0 Å². The van der Waals surface area contributed by atoms with Crippen LogP contribution in [0.3, 0.4) is 0 Å². The molecule has 4 rings (SSSR count). The smallest absolute Gasteiger partial charge is 0.240 e. The van der Waals surface area contributed by atoms with Gasteiger partial charge < -0.3 is 9.80 Å². The summed E-state index contributed by atoms with van der Waals surface area (Å²) in [5.74, 6) is 0.920. The zero-order chi connectivity index (χ0) is 18.8. The van der Waals surface area contributed by atoms with Crippen molar-refractivity contribution in [2.24, 2.45) is 0 Å². The Hall–Kier alpha value is -2.91. The van der Waals surface area contributed by atoms with Gasteiger partial charge in [0.2, 0.25) is 5.91 Å². The van der Waals surface area contributed by atoms with Crippen LogP contribution < -0.4 is 4.90 Å². The summed E-state index contributed by atoms with van der Waals surface area (Å²) in [6.45, 7) is 3.53. The molecule has 1 fully saturated rings. The number of nitrogens with zero attached hydrogens (tertiary/aromatic N) is 5. The molecule has 1 aromatic heterocycles. The zero-order valence-corrected chi connectivity index (χ0v) is 15.5. The van der Waals surface area contributed by atoms with Gasteiger partial charge in [-0.05, 0) is 36.7 Å². The maximum absolute atomic E-state index is 13.1. The number of fused-ring (bicyclic) bond motifs is 1. The fourth-order valence-corrected chi connectivity index (χ4v) is 4.02. The van der Waals surface area contributed by atoms with Gasteiger partial charge in [-0.3, -0.25) is 9.69 Å². The normalized spacial score (nSPS) is 20.1. The molecule has 6 heteroatoms. The lowest BCUT2D eigenvalue weighted by molar-refractivity contribution is -0.137. The number of likely N-dealkylation sites (N-methyl/N-ethyl adjacent to an activating group) is 1. The molecular weight excluding hydrogens is 338 g/mol. The van der Waals surface area contributed by atoms with E-state index in [9.17, 15) is 10.1 Å². The third-order valence-electron chi connectivity index (χ3n) is 5.57. The number of anilines is 1. The minimum atomic E-state index is -0.101. The number of hydrogen-bond donors (Lipinski definition) is 0. The first-order chi connectivity index (χ1) is 13.2. The first-order valence-electron chi connectivity index (χ1n) is 9.33. The third kappa shape index (κ3) is 3.38. The van der Waals surface area contributed by atoms with Crippen LogP contribution in [0.4, 0.5) is 5.82 Å². The van der Waals surface area contributed by atoms with Gasteiger partial charge in [-0.1, -0.05) is 24.3 Å². The number of carbonyl (C=O) groups excluding carboxylic acids is 1. The highest BCUT2D eigenvalue weighted by Gasteiger charge is 2.33. The van der Waals surface area contributed by atoms with E-state index in [1.165, 1.54) is 11.1 Å². The van der Waals surface area contributed by atoms with Crippen LogP contribution in [0, 0.1) is 11.3 Å². The summed E-state index contributed by atoms with van der Waals surface area (Å²) in [6, 6.07) is 14.0. The first-order valence-corrected chi connectivity index (χ1v) is 9.33. The minimum Gasteiger partial charge on any atom is -0.352 e. The van der Waals surface area contributed by atoms with Crippen LogP contribution >= 0.6 is 0 Å². The van der Waals surface area contributed by atoms with Crippen LogP contribution in [0.5, 0.6) is 0 Å². The minimum absolute atomic E-state index is 0.101. The van der Waals surface area contributed by atoms with E-state index in [0.717, 1.165) is 18.8 Å². The Labute approximate surface area is 159 Å². The Morgan fingerprint density at radius 2 is 1.85 bits per heavy atom. The molecule has 27 heavy (non-hydrogen) atoms. The van der Waals surface area contributed by atoms with E-state index < -0.39 is 0 Å². The summed E-state index contributed by atoms with van der Waals surface area (Å²) in [5.41, 5.74) is 3.17. The van der Waals surface area contributed by atoms with Crippen molar-refractivity contribution in [2.75, 3.05) is 38.1 Å². The number of hydrogen-bond acceptors (Lipinski definition) is 5. The van der Waals surface area contributed by atoms with E-state index in [2.05, 4.69) is 39.1 Å². The van der Waals surface area contributed by atoms with Gasteiger partial charge in [0, 0.05) is 38.9 Å². The summed E-state index contributed by atoms with van der Waals surface area (Å²) in [4.78, 5) is 23.7. The van der Waals surface area contributed by atoms with E-state index in [-0.39, 0.29) is 11.9 Å². The van der Waals surface area contributed by atoms with Crippen LogP contribution in [-0.4, -0.2) is 60.0 Å². The molecule has 1 saturated heterocycles. The van der Waals surface area contributed by atoms with Gasteiger partial charge in [0.1, 0.15) is 11.9 Å². The number of aromatic nitrogens is 1. The van der Waals surface area contributed by atoms with Gasteiger partial charge in [-0.25, -0.2) is 4.98 Å². The van der Waals surface area contributed by atoms with Crippen molar-refractivity contribution in [3.8, 4) is 6.07 Å². The molecule has 138 valence electrons. The van der Waals surface area contributed by atoms with Gasteiger partial charge >= 0.3 is 0 Å². The highest BCUT2D eigenvalue weighted by Crippen LogP contribution is 2.24. The van der Waals surface area contributed by atoms with Crippen molar-refractivity contribution < 1.29 is 4.79 Å². The number of rotatable bonds is 2. The molecule has 3 heterocycles. The molecule has 0 N–H and O–H groups in total. The number of benzene rings is 1. The van der Waals surface area contributed by atoms with Crippen molar-refractivity contribution in [1.82, 2.24) is 14.8 Å². The van der Waals surface area contributed by atoms with E-state index in [1.54, 1.807) is 18.3 Å². The average Bonchev–Trinajstić information content (AvgIpc) is 2.73. The maximum Gasteiger partial charge on any atom is 0.240 e. The summed E-state index contributed by atoms with van der Waals surface area (Å²) in [7, 11) is 2.03. The van der Waals surface area contributed by atoms with Crippen molar-refractivity contribution in [3.05, 3.63) is 59.3 Å². The average molecular weight is 361 g/mol. The molecule has 1 aromatic carbocycles. The quantitative estimate of drug-likeness (QED) is 0.814. The molecule has 1 atom stereocenters. The maximum atomic E-state index is 13.1. The van der Waals surface area contributed by atoms with E-state index in [0.29, 0.717) is 31.7 Å². The summed E-state index contributed by atoms with van der Waals surface area (Å²) in [5, 5.41) is 9.28. The Morgan fingerprint density at radius 1 is 1.11 bits per heavy atom. The Morgan fingerprint density at radius 3 is 2.59 bits per heavy atom. The number of piperazine rings is 1. The number of pyridine rings is 1. The number of carbonyl (C=O) groups is 1. The number of nitriles is 1. The lowest BCUT2D eigenvalue weighted by atomic mass is 9.93. The van der Waals surface area contributed by atoms with Gasteiger partial charge in [0.05, 0.1) is 11.6 Å². The van der Waals surface area contributed by atoms with Crippen molar-refractivity contribution in [3.63, 3.8) is 0 Å². The molecule has 6 nitrogen and oxygen atoms in total. The standard InChI is InChI=1S/C21H23N5O/c1-24-15-18-6-3-2-5-16(18)13-19(24)21(27)26-11-9-25(10-12-26)20-17(14-22)7-4-8-23-20/h2-8,19H,9-13,15H2,1H3. The second kappa shape index (κ2) is 7.37. The Bertz CT molecular complexity index is 882. The second-order valence-corrected chi connectivity index (χ2v) is 7.20. The second-order valence-electron chi connectivity index (χ2n) is 7.20. The van der Waals surface area contributed by atoms with Crippen LogP contribution in [0.25, 0.3) is 0 Å². The monoisotopic (exact) mass is 361 g/mol. The summed E-state index contributed by atoms with van der Waals surface area (Å²) in [6.07, 6.45) is 2.48. The molecule has 2 aliphatic rings. The summed E-state index contributed by atoms with van der Waals surface area (Å²) >= 11 is 0. The van der Waals surface area contributed by atoms with Gasteiger partial charge in [0.25, 0.3) is 0 Å². The van der Waals surface area contributed by atoms with Gasteiger partial charge in [0.15, 0.2) is 0 Å². The summed E-state index contributed by atoms with van der Waals surface area (Å²) < 4.78 is 0. The van der Waals surface area contributed by atoms with Crippen molar-refractivity contribution >= 4 is 11.7 Å². The van der Waals surface area contributed by atoms with E-state index >= 15 is 0 Å². The molecule has 0 saturated carbocycles. The van der Waals surface area contributed by atoms with E-state index in [4.69, 9.17) is 0 Å². The van der Waals surface area contributed by atoms with Gasteiger partial charge in [-0.2, -0.15) is 5.26 Å². The molecule has 0 bridgehead atoms. The fourth-order valence-electron chi connectivity index (χ4n) is 4.02. The SMILES string of the molecule is CN1Cc2ccccc2CC1C(=O)N1CCN(c2ncccc2C#N)CC1. The molecule has 0 radical (unpaired) electrons. The van der Waals surface area contributed by atoms with Gasteiger partial charge in [-0.15, -0.1) is 0 Å². The molecule has 2 aliphatic heterocycles. The largest absolute Gasteiger partial charge is 0.352 e. The van der Waals surface area contributed by atoms with Crippen LogP contribution in [0.15, 0.2) is 42.6 Å². The van der Waals surface area contributed by atoms with Crippen LogP contribution in [-0.2, 0) is 17.8 Å². The molecule has 0 aliphatic carbocycles. The molecule has 1 unspecified atom stereocenters. The molecule has 2 aromatic rings. The van der Waals surface area contributed by atoms with Crippen molar-refractivity contribution in [1.29, 1.82) is 5.26 Å². The van der Waals surface area contributed by atoms with Crippen LogP contribution in [0.1, 0.15) is 16.7 Å². The lowest BCUT2D eigenvalue weighted by Crippen LogP contribution is -2.56. The Balaban J connectivity index is 1.43.